The Labute approximate surface area is 539 Å². The first-order valence-electron chi connectivity index (χ1n) is 21.1. The summed E-state index contributed by atoms with van der Waals surface area (Å²) in [5.41, 5.74) is 1.48. The Kier molecular flexibility index (Phi) is 20.7. The van der Waals surface area contributed by atoms with Crippen LogP contribution in [0.2, 0.25) is 0 Å². The van der Waals surface area contributed by atoms with Gasteiger partial charge in [0.25, 0.3) is 21.9 Å². The van der Waals surface area contributed by atoms with Crippen molar-refractivity contribution in [2.45, 2.75) is 104 Å². The van der Waals surface area contributed by atoms with E-state index in [4.69, 9.17) is 4.84 Å². The second kappa shape index (κ2) is 23.5. The number of imide groups is 1. The molecule has 4 aromatic rings. The Balaban J connectivity index is 0.00000365. The van der Waals surface area contributed by atoms with Gasteiger partial charge in [-0.15, -0.1) is 5.06 Å². The number of benzene rings is 4. The molecule has 0 spiro atoms. The summed E-state index contributed by atoms with van der Waals surface area (Å²) in [4.78, 5) is 39.8. The number of carbonyl (C=O) groups is 3. The van der Waals surface area contributed by atoms with Crippen molar-refractivity contribution >= 4 is 96.9 Å². The van der Waals surface area contributed by atoms with Crippen molar-refractivity contribution in [1.29, 1.82) is 0 Å². The number of allylic oxidation sites excluding steroid dienone is 6. The second-order valence-corrected chi connectivity index (χ2v) is 23.0. The molecular weight excluding hydrogens is 1080 g/mol. The van der Waals surface area contributed by atoms with Gasteiger partial charge in [0.2, 0.25) is 5.69 Å². The molecule has 0 atom stereocenters. The van der Waals surface area contributed by atoms with E-state index in [9.17, 15) is 66.3 Å². The Hall–Kier alpha value is -0.751. The number of hydrogen-bond acceptors (Lipinski definition) is 16. The van der Waals surface area contributed by atoms with Crippen molar-refractivity contribution in [3.8, 4) is 0 Å². The van der Waals surface area contributed by atoms with Crippen molar-refractivity contribution in [3.05, 3.63) is 95.7 Å². The molecule has 71 heavy (non-hydrogen) atoms. The fraction of sp³-hybridized carbons (Fsp3) is 0.333. The van der Waals surface area contributed by atoms with Gasteiger partial charge >= 0.3 is 160 Å². The number of anilines is 1. The van der Waals surface area contributed by atoms with Crippen molar-refractivity contribution < 1.29 is 230 Å². The summed E-state index contributed by atoms with van der Waals surface area (Å²) >= 11 is 0. The van der Waals surface area contributed by atoms with Gasteiger partial charge < -0.3 is 23.4 Å². The van der Waals surface area contributed by atoms with E-state index in [0.717, 1.165) is 12.1 Å². The van der Waals surface area contributed by atoms with Gasteiger partial charge in [0, 0.05) is 77.5 Å². The third-order valence-corrected chi connectivity index (χ3v) is 15.8. The quantitative estimate of drug-likeness (QED) is 0.0300. The summed E-state index contributed by atoms with van der Waals surface area (Å²) in [6, 6.07) is 9.40. The maximum absolute atomic E-state index is 12.5. The van der Waals surface area contributed by atoms with Crippen LogP contribution < -0.4 is 159 Å². The van der Waals surface area contributed by atoms with Gasteiger partial charge in [0.05, 0.1) is 20.1 Å². The summed E-state index contributed by atoms with van der Waals surface area (Å²) in [7, 11) is -20.6. The van der Waals surface area contributed by atoms with E-state index in [0.29, 0.717) is 83.5 Å². The van der Waals surface area contributed by atoms with E-state index < -0.39 is 88.7 Å². The average Bonchev–Trinajstić information content (AvgIpc) is 3.75. The van der Waals surface area contributed by atoms with E-state index >= 15 is 0 Å². The minimum atomic E-state index is -5.28. The Bertz CT molecular complexity index is 3460. The molecule has 0 radical (unpaired) electrons. The number of amides is 2. The molecule has 1 N–H and O–H groups in total. The largest absolute Gasteiger partial charge is 1.00 e. The van der Waals surface area contributed by atoms with Crippen LogP contribution in [0.15, 0.2) is 104 Å². The van der Waals surface area contributed by atoms with Crippen LogP contribution >= 0.6 is 0 Å². The SMILES string of the molecule is CCN1C(=CC=CC=CC2=[N+](CCCCCC(=O)ON3C(=O)CCC3=O)c3ccc4c(S(=O)(=O)[O-])cc(S(=O)(=O)[O-])cc4c3C2(C)C)C(C)(C)c2c1ccc1c(S(=O)(=O)O)cc(S(=O)(=O)[O-])cc21.[K+].[K+].[K+]. The number of hydrogen-bond donors (Lipinski definition) is 1. The van der Waals surface area contributed by atoms with Gasteiger partial charge in [-0.2, -0.15) is 13.0 Å². The van der Waals surface area contributed by atoms with Gasteiger partial charge in [-0.3, -0.25) is 14.1 Å². The zero-order valence-corrected chi connectivity index (χ0v) is 52.8. The number of carbonyl (C=O) groups excluding carboxylic acids is 3. The van der Waals surface area contributed by atoms with Crippen LogP contribution in [0.1, 0.15) is 84.3 Å². The zero-order chi connectivity index (χ0) is 50.1. The summed E-state index contributed by atoms with van der Waals surface area (Å²) < 4.78 is 148. The minimum absolute atomic E-state index is 0. The summed E-state index contributed by atoms with van der Waals surface area (Å²) in [5.74, 6) is -1.96. The molecule has 3 heterocycles. The van der Waals surface area contributed by atoms with Crippen LogP contribution in [-0.4, -0.2) is 98.1 Å². The molecule has 0 aliphatic carbocycles. The Morgan fingerprint density at radius 2 is 1.25 bits per heavy atom. The van der Waals surface area contributed by atoms with Gasteiger partial charge in [-0.05, 0) is 92.4 Å². The van der Waals surface area contributed by atoms with E-state index in [1.807, 2.05) is 30.2 Å². The van der Waals surface area contributed by atoms with Crippen molar-refractivity contribution in [1.82, 2.24) is 5.06 Å². The van der Waals surface area contributed by atoms with Crippen LogP contribution in [0, 0.1) is 0 Å². The molecule has 19 nitrogen and oxygen atoms in total. The predicted molar refractivity (Wildman–Crippen MR) is 242 cm³/mol. The molecule has 1 saturated heterocycles. The fourth-order valence-corrected chi connectivity index (χ4v) is 12.1. The maximum Gasteiger partial charge on any atom is 1.00 e. The summed E-state index contributed by atoms with van der Waals surface area (Å²) in [6.45, 7) is 9.87. The van der Waals surface area contributed by atoms with Crippen LogP contribution in [0.25, 0.3) is 21.5 Å². The van der Waals surface area contributed by atoms with Crippen LogP contribution in [0.3, 0.4) is 0 Å². The predicted octanol–water partition coefficient (Wildman–Crippen LogP) is -3.68. The molecule has 3 aliphatic heterocycles. The molecule has 7 rings (SSSR count). The topological polar surface area (TPSA) is 296 Å². The summed E-state index contributed by atoms with van der Waals surface area (Å²) in [6.07, 6.45) is 9.80. The number of nitrogens with zero attached hydrogens (tertiary/aromatic N) is 3. The van der Waals surface area contributed by atoms with Gasteiger partial charge in [0.1, 0.15) is 41.8 Å². The first kappa shape index (κ1) is 62.8. The fourth-order valence-electron chi connectivity index (χ4n) is 9.45. The van der Waals surface area contributed by atoms with E-state index in [-0.39, 0.29) is 195 Å². The first-order chi connectivity index (χ1) is 31.5. The number of unbranched alkanes of at least 4 members (excludes halogenated alkanes) is 2. The van der Waals surface area contributed by atoms with Crippen molar-refractivity contribution in [3.63, 3.8) is 0 Å². The second-order valence-electron chi connectivity index (χ2n) is 17.5. The maximum atomic E-state index is 12.5. The van der Waals surface area contributed by atoms with E-state index in [2.05, 4.69) is 0 Å². The van der Waals surface area contributed by atoms with E-state index in [1.54, 1.807) is 56.4 Å². The van der Waals surface area contributed by atoms with Crippen LogP contribution in [-0.2, 0) is 70.5 Å². The number of fused-ring (bicyclic) bond motifs is 6. The normalized spacial score (nSPS) is 17.3. The molecule has 0 bridgehead atoms. The number of likely N-dealkylation sites (N-methyl/N-ethyl adjacent to an activating group) is 1. The smallest absolute Gasteiger partial charge is 0.744 e. The number of rotatable bonds is 15. The molecule has 1 fully saturated rings. The van der Waals surface area contributed by atoms with Gasteiger partial charge in [0.15, 0.2) is 5.71 Å². The molecule has 362 valence electrons. The Morgan fingerprint density at radius 3 is 1.80 bits per heavy atom. The molecule has 2 amide bonds. The molecule has 0 saturated carbocycles. The molecule has 3 aliphatic rings. The van der Waals surface area contributed by atoms with E-state index in [1.165, 1.54) is 12.1 Å². The molecular formula is C45H45K3N3O16S4+. The number of hydroxylamine groups is 2. The molecule has 4 aromatic carbocycles. The molecule has 0 aromatic heterocycles. The molecule has 26 heteroatoms. The average molecular weight is 1130 g/mol. The Morgan fingerprint density at radius 1 is 0.704 bits per heavy atom. The van der Waals surface area contributed by atoms with Gasteiger partial charge in [-0.25, -0.2) is 30.0 Å². The minimum Gasteiger partial charge on any atom is -0.744 e. The van der Waals surface area contributed by atoms with Crippen molar-refractivity contribution in [2.75, 3.05) is 18.0 Å². The van der Waals surface area contributed by atoms with Crippen molar-refractivity contribution in [2.24, 2.45) is 0 Å². The third kappa shape index (κ3) is 12.8. The van der Waals surface area contributed by atoms with Crippen LogP contribution in [0.4, 0.5) is 11.4 Å². The first-order valence-corrected chi connectivity index (χ1v) is 26.8. The monoisotopic (exact) mass is 1130 g/mol. The van der Waals surface area contributed by atoms with Gasteiger partial charge in [-0.1, -0.05) is 38.1 Å². The summed E-state index contributed by atoms with van der Waals surface area (Å²) in [5, 5.41) is 0.607. The third-order valence-electron chi connectivity index (χ3n) is 12.4. The van der Waals surface area contributed by atoms with Crippen LogP contribution in [0.5, 0.6) is 0 Å². The zero-order valence-electron chi connectivity index (χ0n) is 40.2. The molecule has 0 unspecified atom stereocenters. The standard InChI is InChI=1S/C45H47N3O16S4.3K/c1-6-46-33-18-16-29-31(23-27(65(52,53)54)25-35(29)67(58,59)60)42(33)44(2,3)37(46)13-9-7-10-14-38-45(4,5)43-32-24-28(66(55,56)57)26-36(68(61,62)63)30(32)17-19-34(43)47(38)22-12-8-11-15-41(51)64-48-39(49)20-21-40(48)50;;;/h7,9-10,13-14,16-19,23-26H,6,8,11-12,15,20-22H2,1-5H3,(H3-,52,53,54,55,56,57,58,59,60,61,62,63);;;/q;3*+1/p-2.